The van der Waals surface area contributed by atoms with Crippen molar-refractivity contribution < 1.29 is 17.6 Å². The molecule has 0 fully saturated rings. The molecule has 0 radical (unpaired) electrons. The molecule has 0 atom stereocenters. The first-order valence-corrected chi connectivity index (χ1v) is 9.04. The average molecular weight is 372 g/mol. The lowest BCUT2D eigenvalue weighted by molar-refractivity contribution is 0.448. The predicted molar refractivity (Wildman–Crippen MR) is 100 cm³/mol. The molecule has 0 aliphatic heterocycles. The molecular formula is C23H20F4. The van der Waals surface area contributed by atoms with Crippen molar-refractivity contribution in [2.75, 3.05) is 0 Å². The highest BCUT2D eigenvalue weighted by atomic mass is 19.2. The Morgan fingerprint density at radius 1 is 0.667 bits per heavy atom. The van der Waals surface area contributed by atoms with E-state index in [4.69, 9.17) is 0 Å². The van der Waals surface area contributed by atoms with Crippen LogP contribution >= 0.6 is 0 Å². The van der Waals surface area contributed by atoms with E-state index in [0.29, 0.717) is 16.7 Å². The maximum atomic E-state index is 14.8. The van der Waals surface area contributed by atoms with Crippen LogP contribution in [0.2, 0.25) is 0 Å². The molecule has 0 aliphatic rings. The largest absolute Gasteiger partial charge is 0.206 e. The minimum atomic E-state index is -1.51. The topological polar surface area (TPSA) is 0 Å². The van der Waals surface area contributed by atoms with Crippen molar-refractivity contribution in [2.24, 2.45) is 0 Å². The van der Waals surface area contributed by atoms with Crippen molar-refractivity contribution in [2.45, 2.75) is 32.6 Å². The van der Waals surface area contributed by atoms with Crippen molar-refractivity contribution in [3.05, 3.63) is 83.4 Å². The van der Waals surface area contributed by atoms with E-state index in [9.17, 15) is 17.6 Å². The number of unbranched alkanes of at least 4 members (excludes halogenated alkanes) is 2. The zero-order valence-electron chi connectivity index (χ0n) is 15.0. The number of hydrogen-bond donors (Lipinski definition) is 0. The Labute approximate surface area is 156 Å². The summed E-state index contributed by atoms with van der Waals surface area (Å²) in [7, 11) is 0. The van der Waals surface area contributed by atoms with Gasteiger partial charge in [0.15, 0.2) is 17.5 Å². The Morgan fingerprint density at radius 3 is 1.96 bits per heavy atom. The summed E-state index contributed by atoms with van der Waals surface area (Å²) in [6.07, 6.45) is 3.99. The van der Waals surface area contributed by atoms with E-state index in [0.717, 1.165) is 43.4 Å². The van der Waals surface area contributed by atoms with Crippen LogP contribution in [0, 0.1) is 23.3 Å². The van der Waals surface area contributed by atoms with Gasteiger partial charge in [0.25, 0.3) is 0 Å². The molecule has 0 saturated heterocycles. The van der Waals surface area contributed by atoms with Gasteiger partial charge < -0.3 is 0 Å². The van der Waals surface area contributed by atoms with Crippen LogP contribution in [0.3, 0.4) is 0 Å². The predicted octanol–water partition coefficient (Wildman–Crippen LogP) is 7.31. The number of halogens is 4. The third-order valence-corrected chi connectivity index (χ3v) is 4.61. The number of rotatable bonds is 6. The first-order chi connectivity index (χ1) is 13.0. The van der Waals surface area contributed by atoms with Gasteiger partial charge in [0.2, 0.25) is 0 Å². The summed E-state index contributed by atoms with van der Waals surface area (Å²) < 4.78 is 55.3. The molecule has 0 spiro atoms. The van der Waals surface area contributed by atoms with Gasteiger partial charge in [0, 0.05) is 5.56 Å². The number of benzene rings is 3. The summed E-state index contributed by atoms with van der Waals surface area (Å²) in [5.74, 6) is -4.45. The Hall–Kier alpha value is -2.62. The number of aryl methyl sites for hydroxylation is 1. The zero-order chi connectivity index (χ0) is 19.4. The molecule has 3 rings (SSSR count). The molecule has 0 saturated carbocycles. The van der Waals surface area contributed by atoms with Crippen molar-refractivity contribution in [3.8, 4) is 22.3 Å². The molecular weight excluding hydrogens is 352 g/mol. The minimum absolute atomic E-state index is 0.161. The molecule has 4 heteroatoms. The molecule has 0 nitrogen and oxygen atoms in total. The van der Waals surface area contributed by atoms with Gasteiger partial charge in [-0.1, -0.05) is 56.2 Å². The van der Waals surface area contributed by atoms with Gasteiger partial charge in [0.05, 0.1) is 0 Å². The van der Waals surface area contributed by atoms with Crippen LogP contribution in [0.15, 0.2) is 54.6 Å². The van der Waals surface area contributed by atoms with Crippen molar-refractivity contribution in [1.29, 1.82) is 0 Å². The van der Waals surface area contributed by atoms with Crippen LogP contribution in [-0.4, -0.2) is 0 Å². The lowest BCUT2D eigenvalue weighted by atomic mass is 9.93. The van der Waals surface area contributed by atoms with Crippen LogP contribution in [0.25, 0.3) is 22.3 Å². The molecule has 140 valence electrons. The first-order valence-electron chi connectivity index (χ1n) is 9.04. The van der Waals surface area contributed by atoms with Crippen LogP contribution in [0.4, 0.5) is 17.6 Å². The highest BCUT2D eigenvalue weighted by Gasteiger charge is 2.16. The minimum Gasteiger partial charge on any atom is -0.206 e. The fourth-order valence-electron chi connectivity index (χ4n) is 3.19. The molecule has 0 amide bonds. The van der Waals surface area contributed by atoms with Crippen molar-refractivity contribution in [1.82, 2.24) is 0 Å². The fraction of sp³-hybridized carbons (Fsp3) is 0.217. The van der Waals surface area contributed by atoms with Gasteiger partial charge in [-0.05, 0) is 53.3 Å². The standard InChI is InChI=1S/C23H20F4/c1-2-3-4-7-15-10-11-19(20(24)12-15)18-9-6-5-8-17(18)16-13-21(25)23(27)22(26)14-16/h5-6,8-14H,2-4,7H2,1H3. The van der Waals surface area contributed by atoms with Crippen molar-refractivity contribution >= 4 is 0 Å². The van der Waals surface area contributed by atoms with Crippen molar-refractivity contribution in [3.63, 3.8) is 0 Å². The monoisotopic (exact) mass is 372 g/mol. The van der Waals surface area contributed by atoms with E-state index in [-0.39, 0.29) is 11.4 Å². The summed E-state index contributed by atoms with van der Waals surface area (Å²) in [6, 6.07) is 13.6. The highest BCUT2D eigenvalue weighted by molar-refractivity contribution is 5.83. The van der Waals surface area contributed by atoms with E-state index < -0.39 is 17.5 Å². The third-order valence-electron chi connectivity index (χ3n) is 4.61. The maximum absolute atomic E-state index is 14.8. The number of hydrogen-bond acceptors (Lipinski definition) is 0. The fourth-order valence-corrected chi connectivity index (χ4v) is 3.19. The van der Waals surface area contributed by atoms with E-state index in [2.05, 4.69) is 6.92 Å². The molecule has 0 aromatic heterocycles. The first kappa shape index (κ1) is 19.2. The van der Waals surface area contributed by atoms with Crippen LogP contribution in [0.1, 0.15) is 31.7 Å². The Balaban J connectivity index is 2.02. The van der Waals surface area contributed by atoms with Gasteiger partial charge in [-0.3, -0.25) is 0 Å². The van der Waals surface area contributed by atoms with E-state index in [1.54, 1.807) is 30.3 Å². The van der Waals surface area contributed by atoms with Crippen LogP contribution < -0.4 is 0 Å². The molecule has 0 bridgehead atoms. The highest BCUT2D eigenvalue weighted by Crippen LogP contribution is 2.35. The summed E-state index contributed by atoms with van der Waals surface area (Å²) >= 11 is 0. The summed E-state index contributed by atoms with van der Waals surface area (Å²) in [5, 5.41) is 0. The second kappa shape index (κ2) is 8.38. The summed E-state index contributed by atoms with van der Waals surface area (Å²) in [5.41, 5.74) is 2.36. The van der Waals surface area contributed by atoms with E-state index in [1.165, 1.54) is 6.07 Å². The average Bonchev–Trinajstić information content (AvgIpc) is 2.66. The van der Waals surface area contributed by atoms with Gasteiger partial charge in [-0.25, -0.2) is 17.6 Å². The quantitative estimate of drug-likeness (QED) is 0.242. The normalized spacial score (nSPS) is 11.0. The second-order valence-electron chi connectivity index (χ2n) is 6.57. The molecule has 3 aromatic rings. The van der Waals surface area contributed by atoms with Crippen LogP contribution in [-0.2, 0) is 6.42 Å². The molecule has 3 aromatic carbocycles. The SMILES string of the molecule is CCCCCc1ccc(-c2ccccc2-c2cc(F)c(F)c(F)c2)c(F)c1. The lowest BCUT2D eigenvalue weighted by Crippen LogP contribution is -1.95. The van der Waals surface area contributed by atoms with E-state index in [1.807, 2.05) is 6.07 Å². The zero-order valence-corrected chi connectivity index (χ0v) is 15.0. The molecule has 0 unspecified atom stereocenters. The summed E-state index contributed by atoms with van der Waals surface area (Å²) in [6.45, 7) is 2.11. The Kier molecular flexibility index (Phi) is 5.94. The summed E-state index contributed by atoms with van der Waals surface area (Å²) in [4.78, 5) is 0. The van der Waals surface area contributed by atoms with Crippen LogP contribution in [0.5, 0.6) is 0 Å². The van der Waals surface area contributed by atoms with Gasteiger partial charge in [0.1, 0.15) is 5.82 Å². The molecule has 0 N–H and O–H groups in total. The Morgan fingerprint density at radius 2 is 1.33 bits per heavy atom. The van der Waals surface area contributed by atoms with Gasteiger partial charge >= 0.3 is 0 Å². The molecule has 0 heterocycles. The Bertz CT molecular complexity index is 924. The molecule has 27 heavy (non-hydrogen) atoms. The third kappa shape index (κ3) is 4.21. The smallest absolute Gasteiger partial charge is 0.194 e. The molecule has 0 aliphatic carbocycles. The maximum Gasteiger partial charge on any atom is 0.194 e. The van der Waals surface area contributed by atoms with Gasteiger partial charge in [-0.2, -0.15) is 0 Å². The van der Waals surface area contributed by atoms with Gasteiger partial charge in [-0.15, -0.1) is 0 Å². The lowest BCUT2D eigenvalue weighted by Gasteiger charge is -2.13. The second-order valence-corrected chi connectivity index (χ2v) is 6.57. The van der Waals surface area contributed by atoms with E-state index >= 15 is 0 Å².